The van der Waals surface area contributed by atoms with E-state index < -0.39 is 12.1 Å². The van der Waals surface area contributed by atoms with Gasteiger partial charge >= 0.3 is 0 Å². The first-order valence-electron chi connectivity index (χ1n) is 30.2. The molecule has 66 heavy (non-hydrogen) atoms. The maximum atomic E-state index is 12.5. The van der Waals surface area contributed by atoms with Crippen LogP contribution in [-0.4, -0.2) is 34.9 Å². The van der Waals surface area contributed by atoms with Crippen molar-refractivity contribution in [3.8, 4) is 0 Å². The van der Waals surface area contributed by atoms with Crippen LogP contribution in [0.15, 0.2) is 36.5 Å². The van der Waals surface area contributed by atoms with Crippen LogP contribution < -0.4 is 5.32 Å². The Labute approximate surface area is 414 Å². The van der Waals surface area contributed by atoms with Crippen LogP contribution in [0.25, 0.3) is 0 Å². The van der Waals surface area contributed by atoms with Gasteiger partial charge in [0, 0.05) is 6.42 Å². The summed E-state index contributed by atoms with van der Waals surface area (Å²) in [5, 5.41) is 23.1. The van der Waals surface area contributed by atoms with Gasteiger partial charge in [-0.05, 0) is 51.4 Å². The lowest BCUT2D eigenvalue weighted by Crippen LogP contribution is -2.45. The van der Waals surface area contributed by atoms with E-state index >= 15 is 0 Å². The smallest absolute Gasteiger partial charge is 0.220 e. The van der Waals surface area contributed by atoms with E-state index in [0.717, 1.165) is 32.1 Å². The summed E-state index contributed by atoms with van der Waals surface area (Å²) in [7, 11) is 0. The molecule has 0 radical (unpaired) electrons. The lowest BCUT2D eigenvalue weighted by molar-refractivity contribution is -0.123. The number of hydrogen-bond donors (Lipinski definition) is 3. The van der Waals surface area contributed by atoms with Crippen molar-refractivity contribution in [3.05, 3.63) is 36.5 Å². The van der Waals surface area contributed by atoms with Gasteiger partial charge in [0.2, 0.25) is 5.91 Å². The fourth-order valence-electron chi connectivity index (χ4n) is 9.51. The number of aliphatic hydroxyl groups is 2. The molecule has 0 aliphatic rings. The highest BCUT2D eigenvalue weighted by Crippen LogP contribution is 2.17. The van der Waals surface area contributed by atoms with Crippen molar-refractivity contribution in [1.29, 1.82) is 0 Å². The van der Waals surface area contributed by atoms with Gasteiger partial charge in [-0.1, -0.05) is 314 Å². The van der Waals surface area contributed by atoms with E-state index in [1.54, 1.807) is 6.08 Å². The molecule has 3 N–H and O–H groups in total. The van der Waals surface area contributed by atoms with Crippen molar-refractivity contribution < 1.29 is 15.0 Å². The lowest BCUT2D eigenvalue weighted by atomic mass is 10.0. The van der Waals surface area contributed by atoms with Crippen LogP contribution in [0.4, 0.5) is 0 Å². The molecule has 2 unspecified atom stereocenters. The molecular formula is C62H119NO3. The number of rotatable bonds is 56. The second-order valence-electron chi connectivity index (χ2n) is 20.8. The highest BCUT2D eigenvalue weighted by Gasteiger charge is 2.18. The summed E-state index contributed by atoms with van der Waals surface area (Å²) in [5.41, 5.74) is 0. The number of carbonyl (C=O) groups is 1. The van der Waals surface area contributed by atoms with Gasteiger partial charge in [0.25, 0.3) is 0 Å². The normalized spacial score (nSPS) is 13.0. The zero-order valence-corrected chi connectivity index (χ0v) is 45.0. The topological polar surface area (TPSA) is 69.6 Å². The minimum Gasteiger partial charge on any atom is -0.394 e. The number of unbranched alkanes of at least 4 members (excludes halogenated alkanes) is 45. The number of hydrogen-bond acceptors (Lipinski definition) is 3. The predicted molar refractivity (Wildman–Crippen MR) is 295 cm³/mol. The Morgan fingerprint density at radius 3 is 0.909 bits per heavy atom. The number of aliphatic hydroxyl groups excluding tert-OH is 2. The summed E-state index contributed by atoms with van der Waals surface area (Å²) < 4.78 is 0. The maximum absolute atomic E-state index is 12.5. The average Bonchev–Trinajstić information content (AvgIpc) is 3.32. The van der Waals surface area contributed by atoms with E-state index in [2.05, 4.69) is 43.5 Å². The minimum atomic E-state index is -0.838. The lowest BCUT2D eigenvalue weighted by Gasteiger charge is -2.20. The van der Waals surface area contributed by atoms with Gasteiger partial charge in [0.1, 0.15) is 0 Å². The van der Waals surface area contributed by atoms with E-state index in [9.17, 15) is 15.0 Å². The highest BCUT2D eigenvalue weighted by atomic mass is 16.3. The minimum absolute atomic E-state index is 0.0598. The number of amides is 1. The Morgan fingerprint density at radius 2 is 0.621 bits per heavy atom. The van der Waals surface area contributed by atoms with Crippen molar-refractivity contribution >= 4 is 5.91 Å². The van der Waals surface area contributed by atoms with Gasteiger partial charge in [-0.15, -0.1) is 0 Å². The molecule has 0 fully saturated rings. The maximum Gasteiger partial charge on any atom is 0.220 e. The molecule has 390 valence electrons. The van der Waals surface area contributed by atoms with Crippen LogP contribution in [-0.2, 0) is 4.79 Å². The highest BCUT2D eigenvalue weighted by molar-refractivity contribution is 5.76. The third-order valence-electron chi connectivity index (χ3n) is 14.1. The van der Waals surface area contributed by atoms with E-state index in [1.807, 2.05) is 6.08 Å². The third kappa shape index (κ3) is 53.6. The van der Waals surface area contributed by atoms with Gasteiger partial charge in [0.05, 0.1) is 18.8 Å². The molecule has 0 spiro atoms. The van der Waals surface area contributed by atoms with Crippen molar-refractivity contribution in [3.63, 3.8) is 0 Å². The molecule has 0 heterocycles. The largest absolute Gasteiger partial charge is 0.394 e. The Bertz CT molecular complexity index is 1010. The van der Waals surface area contributed by atoms with Crippen LogP contribution in [0.5, 0.6) is 0 Å². The van der Waals surface area contributed by atoms with Crippen LogP contribution in [0.3, 0.4) is 0 Å². The monoisotopic (exact) mass is 926 g/mol. The Kier molecular flexibility index (Phi) is 56.7. The molecule has 0 aromatic carbocycles. The van der Waals surface area contributed by atoms with Crippen LogP contribution in [0, 0.1) is 0 Å². The van der Waals surface area contributed by atoms with E-state index in [0.29, 0.717) is 6.42 Å². The fraction of sp³-hybridized carbons (Fsp3) is 0.887. The van der Waals surface area contributed by atoms with E-state index in [-0.39, 0.29) is 12.5 Å². The Balaban J connectivity index is 3.41. The third-order valence-corrected chi connectivity index (χ3v) is 14.1. The molecule has 0 bridgehead atoms. The van der Waals surface area contributed by atoms with Gasteiger partial charge in [-0.2, -0.15) is 0 Å². The zero-order valence-electron chi connectivity index (χ0n) is 45.0. The molecule has 4 heteroatoms. The fourth-order valence-corrected chi connectivity index (χ4v) is 9.51. The molecule has 4 nitrogen and oxygen atoms in total. The first-order chi connectivity index (χ1) is 32.7. The van der Waals surface area contributed by atoms with Crippen molar-refractivity contribution in [1.82, 2.24) is 5.32 Å². The van der Waals surface area contributed by atoms with Gasteiger partial charge in [-0.3, -0.25) is 4.79 Å². The predicted octanol–water partition coefficient (Wildman–Crippen LogP) is 20.0. The molecule has 2 atom stereocenters. The quantitative estimate of drug-likeness (QED) is 0.0420. The van der Waals surface area contributed by atoms with Crippen LogP contribution in [0.2, 0.25) is 0 Å². The van der Waals surface area contributed by atoms with Crippen LogP contribution in [0.1, 0.15) is 335 Å². The standard InChI is InChI=1S/C62H119NO3/c1-3-5-7-9-11-13-15-17-19-20-21-22-23-24-25-26-27-28-29-30-31-32-33-34-35-36-37-38-39-40-41-42-44-46-48-50-52-54-56-58-62(66)63-60(59-64)61(65)57-55-53-51-49-47-45-43-18-16-14-12-10-8-6-4-2/h27-28,30-31,55,57,60-61,64-65H,3-26,29,32-54,56,58-59H2,1-2H3,(H,63,66)/b28-27-,31-30-,57-55+. The SMILES string of the molecule is CCCCCCCCCCCCCCC/C=C/C(O)C(CO)NC(=O)CCCCCCCCCCCCCCCCCCC/C=C\C/C=C\CCCCCCCCCCCCCCCCC. The summed E-state index contributed by atoms with van der Waals surface area (Å²) in [6.07, 6.45) is 79.1. The average molecular weight is 927 g/mol. The zero-order chi connectivity index (χ0) is 47.7. The summed E-state index contributed by atoms with van der Waals surface area (Å²) in [4.78, 5) is 12.5. The molecule has 0 saturated carbocycles. The molecule has 0 aromatic heterocycles. The Morgan fingerprint density at radius 1 is 0.364 bits per heavy atom. The van der Waals surface area contributed by atoms with Crippen molar-refractivity contribution in [2.24, 2.45) is 0 Å². The summed E-state index contributed by atoms with van der Waals surface area (Å²) >= 11 is 0. The second-order valence-corrected chi connectivity index (χ2v) is 20.8. The van der Waals surface area contributed by atoms with E-state index in [1.165, 1.54) is 283 Å². The molecular weight excluding hydrogens is 807 g/mol. The molecule has 0 aromatic rings. The van der Waals surface area contributed by atoms with Gasteiger partial charge in [0.15, 0.2) is 0 Å². The summed E-state index contributed by atoms with van der Waals surface area (Å²) in [6, 6.07) is -0.621. The van der Waals surface area contributed by atoms with Crippen LogP contribution >= 0.6 is 0 Å². The summed E-state index contributed by atoms with van der Waals surface area (Å²) in [6.45, 7) is 4.34. The molecule has 1 amide bonds. The molecule has 0 aliphatic carbocycles. The molecule has 0 saturated heterocycles. The van der Waals surface area contributed by atoms with Gasteiger partial charge in [-0.25, -0.2) is 0 Å². The second kappa shape index (κ2) is 57.9. The Hall–Kier alpha value is -1.39. The summed E-state index contributed by atoms with van der Waals surface area (Å²) in [5.74, 6) is -0.0598. The van der Waals surface area contributed by atoms with Crippen molar-refractivity contribution in [2.45, 2.75) is 347 Å². The first kappa shape index (κ1) is 64.6. The molecule has 0 rings (SSSR count). The number of carbonyl (C=O) groups excluding carboxylic acids is 1. The van der Waals surface area contributed by atoms with E-state index in [4.69, 9.17) is 0 Å². The van der Waals surface area contributed by atoms with Gasteiger partial charge < -0.3 is 15.5 Å². The number of allylic oxidation sites excluding steroid dienone is 5. The van der Waals surface area contributed by atoms with Crippen molar-refractivity contribution in [2.75, 3.05) is 6.61 Å². The first-order valence-corrected chi connectivity index (χ1v) is 30.2. The molecule has 0 aliphatic heterocycles. The number of nitrogens with one attached hydrogen (secondary N) is 1.